The highest BCUT2D eigenvalue weighted by Gasteiger charge is 2.13. The Morgan fingerprint density at radius 1 is 1.18 bits per heavy atom. The van der Waals surface area contributed by atoms with E-state index in [4.69, 9.17) is 19.1 Å². The number of hydrogen-bond acceptors (Lipinski definition) is 6. The molecule has 1 N–H and O–H groups in total. The molecule has 7 heteroatoms. The van der Waals surface area contributed by atoms with Gasteiger partial charge in [-0.05, 0) is 35.7 Å². The fraction of sp³-hybridized carbons (Fsp3) is 0.190. The smallest absolute Gasteiger partial charge is 0.303 e. The van der Waals surface area contributed by atoms with Gasteiger partial charge in [0.1, 0.15) is 25.7 Å². The van der Waals surface area contributed by atoms with E-state index in [0.717, 1.165) is 16.7 Å². The first-order chi connectivity index (χ1) is 13.7. The van der Waals surface area contributed by atoms with Crippen molar-refractivity contribution in [3.63, 3.8) is 0 Å². The van der Waals surface area contributed by atoms with E-state index in [1.165, 1.54) is 13.4 Å². The highest BCUT2D eigenvalue weighted by molar-refractivity contribution is 6.09. The molecule has 0 saturated heterocycles. The Labute approximate surface area is 162 Å². The molecule has 0 aliphatic carbocycles. The van der Waals surface area contributed by atoms with Crippen LogP contribution >= 0.6 is 0 Å². The number of benzene rings is 2. The normalized spacial score (nSPS) is 11.2. The van der Waals surface area contributed by atoms with Crippen molar-refractivity contribution in [1.29, 1.82) is 0 Å². The van der Waals surface area contributed by atoms with Crippen LogP contribution in [0.25, 0.3) is 0 Å². The molecule has 0 radical (unpaired) electrons. The molecule has 0 spiro atoms. The van der Waals surface area contributed by atoms with Gasteiger partial charge in [-0.3, -0.25) is 4.79 Å². The number of aryl methyl sites for hydroxylation is 1. The van der Waals surface area contributed by atoms with Crippen LogP contribution in [0.4, 0.5) is 0 Å². The summed E-state index contributed by atoms with van der Waals surface area (Å²) in [6, 6.07) is 15.1. The predicted molar refractivity (Wildman–Crippen MR) is 102 cm³/mol. The molecule has 0 saturated carbocycles. The van der Waals surface area contributed by atoms with Crippen molar-refractivity contribution in [1.82, 2.24) is 4.98 Å². The first-order valence-electron chi connectivity index (χ1n) is 8.69. The number of aromatic nitrogens is 1. The summed E-state index contributed by atoms with van der Waals surface area (Å²) in [5.74, 6) is 0.279. The van der Waals surface area contributed by atoms with Crippen molar-refractivity contribution in [3.8, 4) is 5.75 Å². The van der Waals surface area contributed by atoms with Crippen LogP contribution < -0.4 is 4.74 Å². The van der Waals surface area contributed by atoms with E-state index in [-0.39, 0.29) is 6.42 Å². The number of carboxylic acids is 1. The molecule has 3 rings (SSSR count). The lowest BCUT2D eigenvalue weighted by molar-refractivity contribution is -0.136. The molecular formula is C21H20N2O5. The summed E-state index contributed by atoms with van der Waals surface area (Å²) in [6.45, 7) is 0.369. The van der Waals surface area contributed by atoms with Crippen LogP contribution in [0.5, 0.6) is 5.75 Å². The second-order valence-electron chi connectivity index (χ2n) is 5.99. The lowest BCUT2D eigenvalue weighted by Gasteiger charge is -2.09. The molecule has 28 heavy (non-hydrogen) atoms. The number of oxazole rings is 1. The summed E-state index contributed by atoms with van der Waals surface area (Å²) in [4.78, 5) is 19.7. The van der Waals surface area contributed by atoms with Crippen molar-refractivity contribution >= 4 is 11.7 Å². The average molecular weight is 380 g/mol. The predicted octanol–water partition coefficient (Wildman–Crippen LogP) is 3.67. The van der Waals surface area contributed by atoms with Crippen LogP contribution in [0.2, 0.25) is 0 Å². The molecule has 0 amide bonds. The molecule has 1 aromatic heterocycles. The van der Waals surface area contributed by atoms with Gasteiger partial charge in [-0.15, -0.1) is 0 Å². The summed E-state index contributed by atoms with van der Waals surface area (Å²) < 4.78 is 11.2. The zero-order valence-electron chi connectivity index (χ0n) is 15.4. The zero-order chi connectivity index (χ0) is 19.8. The molecule has 3 aromatic rings. The Balaban J connectivity index is 1.66. The Kier molecular flexibility index (Phi) is 6.41. The third kappa shape index (κ3) is 5.20. The first-order valence-corrected chi connectivity index (χ1v) is 8.69. The second-order valence-corrected chi connectivity index (χ2v) is 5.99. The van der Waals surface area contributed by atoms with Crippen LogP contribution in [0.3, 0.4) is 0 Å². The Hall–Kier alpha value is -3.61. The van der Waals surface area contributed by atoms with E-state index in [1.54, 1.807) is 6.20 Å². The minimum atomic E-state index is -0.804. The average Bonchev–Trinajstić information content (AvgIpc) is 3.24. The summed E-state index contributed by atoms with van der Waals surface area (Å²) in [6.07, 6.45) is 3.64. The number of carbonyl (C=O) groups is 1. The lowest BCUT2D eigenvalue weighted by Crippen LogP contribution is -2.06. The topological polar surface area (TPSA) is 94.2 Å². The van der Waals surface area contributed by atoms with Crippen LogP contribution in [0, 0.1) is 0 Å². The van der Waals surface area contributed by atoms with Gasteiger partial charge >= 0.3 is 5.97 Å². The number of carboxylic acid groups (broad SMARTS) is 1. The molecule has 0 aliphatic rings. The van der Waals surface area contributed by atoms with E-state index in [0.29, 0.717) is 30.4 Å². The summed E-state index contributed by atoms with van der Waals surface area (Å²) in [7, 11) is 1.47. The zero-order valence-corrected chi connectivity index (χ0v) is 15.4. The minimum Gasteiger partial charge on any atom is -0.489 e. The van der Waals surface area contributed by atoms with Crippen LogP contribution in [-0.2, 0) is 22.7 Å². The molecule has 0 aliphatic heterocycles. The Morgan fingerprint density at radius 2 is 2.00 bits per heavy atom. The lowest BCUT2D eigenvalue weighted by atomic mass is 10.1. The fourth-order valence-electron chi connectivity index (χ4n) is 2.63. The third-order valence-electron chi connectivity index (χ3n) is 3.97. The van der Waals surface area contributed by atoms with Gasteiger partial charge in [-0.2, -0.15) is 0 Å². The maximum Gasteiger partial charge on any atom is 0.303 e. The van der Waals surface area contributed by atoms with Crippen molar-refractivity contribution in [2.75, 3.05) is 7.11 Å². The monoisotopic (exact) mass is 380 g/mol. The first kappa shape index (κ1) is 19.2. The van der Waals surface area contributed by atoms with Gasteiger partial charge in [0.2, 0.25) is 5.89 Å². The van der Waals surface area contributed by atoms with E-state index >= 15 is 0 Å². The number of hydrogen-bond donors (Lipinski definition) is 1. The van der Waals surface area contributed by atoms with Gasteiger partial charge < -0.3 is 19.1 Å². The fourth-order valence-corrected chi connectivity index (χ4v) is 2.63. The summed E-state index contributed by atoms with van der Waals surface area (Å²) >= 11 is 0. The second kappa shape index (κ2) is 9.36. The Bertz CT molecular complexity index is 934. The maximum atomic E-state index is 10.6. The molecule has 0 bridgehead atoms. The van der Waals surface area contributed by atoms with Gasteiger partial charge in [0, 0.05) is 12.0 Å². The third-order valence-corrected chi connectivity index (χ3v) is 3.97. The molecular weight excluding hydrogens is 360 g/mol. The SMILES string of the molecule is CON=C(c1cccc(COc2ccc(CCC(=O)O)cc2)c1)c1ncco1. The van der Waals surface area contributed by atoms with Gasteiger partial charge in [0.05, 0.1) is 6.20 Å². The molecule has 0 fully saturated rings. The van der Waals surface area contributed by atoms with Crippen molar-refractivity contribution in [2.24, 2.45) is 5.16 Å². The number of nitrogens with zero attached hydrogens (tertiary/aromatic N) is 2. The van der Waals surface area contributed by atoms with E-state index in [1.807, 2.05) is 48.5 Å². The summed E-state index contributed by atoms with van der Waals surface area (Å²) in [5.41, 5.74) is 3.21. The molecule has 7 nitrogen and oxygen atoms in total. The minimum absolute atomic E-state index is 0.114. The standard InChI is InChI=1S/C21H20N2O5/c1-26-23-20(21-22-11-12-27-21)17-4-2-3-16(13-17)14-28-18-8-5-15(6-9-18)7-10-19(24)25/h2-6,8-9,11-13H,7,10,14H2,1H3,(H,24,25). The number of ether oxygens (including phenoxy) is 1. The Morgan fingerprint density at radius 3 is 2.68 bits per heavy atom. The van der Waals surface area contributed by atoms with E-state index < -0.39 is 5.97 Å². The van der Waals surface area contributed by atoms with E-state index in [2.05, 4.69) is 10.1 Å². The van der Waals surface area contributed by atoms with Gasteiger partial charge in [-0.25, -0.2) is 4.98 Å². The number of aliphatic carboxylic acids is 1. The van der Waals surface area contributed by atoms with Gasteiger partial charge in [0.25, 0.3) is 0 Å². The largest absolute Gasteiger partial charge is 0.489 e. The van der Waals surface area contributed by atoms with Gasteiger partial charge in [0.15, 0.2) is 5.71 Å². The number of oxime groups is 1. The highest BCUT2D eigenvalue weighted by atomic mass is 16.6. The summed E-state index contributed by atoms with van der Waals surface area (Å²) in [5, 5.41) is 12.8. The quantitative estimate of drug-likeness (QED) is 0.450. The molecule has 0 atom stereocenters. The maximum absolute atomic E-state index is 10.6. The van der Waals surface area contributed by atoms with Crippen LogP contribution in [0.1, 0.15) is 29.0 Å². The molecule has 0 unspecified atom stereocenters. The van der Waals surface area contributed by atoms with Crippen LogP contribution in [-0.4, -0.2) is 28.9 Å². The highest BCUT2D eigenvalue weighted by Crippen LogP contribution is 2.17. The number of rotatable bonds is 9. The van der Waals surface area contributed by atoms with Crippen molar-refractivity contribution in [2.45, 2.75) is 19.4 Å². The molecule has 2 aromatic carbocycles. The molecule has 1 heterocycles. The van der Waals surface area contributed by atoms with Crippen molar-refractivity contribution in [3.05, 3.63) is 83.6 Å². The van der Waals surface area contributed by atoms with E-state index in [9.17, 15) is 4.79 Å². The van der Waals surface area contributed by atoms with Gasteiger partial charge in [-0.1, -0.05) is 35.5 Å². The van der Waals surface area contributed by atoms with Crippen LogP contribution in [0.15, 0.2) is 70.6 Å². The van der Waals surface area contributed by atoms with Crippen molar-refractivity contribution < 1.29 is 23.9 Å². The molecule has 144 valence electrons.